The van der Waals surface area contributed by atoms with Crippen molar-refractivity contribution in [1.82, 2.24) is 0 Å². The molecule has 4 bridgehead atoms. The van der Waals surface area contributed by atoms with Gasteiger partial charge in [-0.15, -0.1) is 0 Å². The van der Waals surface area contributed by atoms with Crippen LogP contribution in [0.25, 0.3) is 0 Å². The molecule has 2 N–H and O–H groups in total. The lowest BCUT2D eigenvalue weighted by Crippen LogP contribution is -2.56. The number of nitrogens with two attached hydrogens (primary N) is 1. The molecule has 4 saturated carbocycles. The normalized spacial score (nSPS) is 44.2. The Balaban J connectivity index is 1.86. The Bertz CT molecular complexity index is 394. The summed E-state index contributed by atoms with van der Waals surface area (Å²) >= 11 is 0. The number of sulfone groups is 1. The van der Waals surface area contributed by atoms with Gasteiger partial charge in [-0.2, -0.15) is 0 Å². The van der Waals surface area contributed by atoms with Gasteiger partial charge >= 0.3 is 0 Å². The summed E-state index contributed by atoms with van der Waals surface area (Å²) < 4.78 is 25.2. The third kappa shape index (κ3) is 1.92. The molecule has 1 atom stereocenters. The molecule has 0 spiro atoms. The van der Waals surface area contributed by atoms with Crippen molar-refractivity contribution < 1.29 is 8.42 Å². The first-order valence-corrected chi connectivity index (χ1v) is 9.07. The Morgan fingerprint density at radius 3 is 1.94 bits per heavy atom. The molecular formula is C14H25NO2S. The van der Waals surface area contributed by atoms with Crippen LogP contribution in [0.15, 0.2) is 0 Å². The molecule has 0 aromatic carbocycles. The lowest BCUT2D eigenvalue weighted by molar-refractivity contribution is 0.0338. The van der Waals surface area contributed by atoms with Gasteiger partial charge in [-0.1, -0.05) is 6.92 Å². The summed E-state index contributed by atoms with van der Waals surface area (Å²) in [5.74, 6) is 2.26. The van der Waals surface area contributed by atoms with Gasteiger partial charge in [0, 0.05) is 6.04 Å². The second-order valence-electron chi connectivity index (χ2n) is 7.05. The van der Waals surface area contributed by atoms with Gasteiger partial charge in [0.15, 0.2) is 9.84 Å². The van der Waals surface area contributed by atoms with Gasteiger partial charge < -0.3 is 5.73 Å². The Hall–Kier alpha value is -0.0900. The topological polar surface area (TPSA) is 60.2 Å². The van der Waals surface area contributed by atoms with Crippen LogP contribution in [0.2, 0.25) is 0 Å². The van der Waals surface area contributed by atoms with Crippen molar-refractivity contribution in [3.05, 3.63) is 0 Å². The predicted octanol–water partition coefficient (Wildman–Crippen LogP) is 2.11. The van der Waals surface area contributed by atoms with E-state index in [-0.39, 0.29) is 16.5 Å². The number of rotatable bonds is 4. The molecule has 0 heterocycles. The number of hydrogen-bond donors (Lipinski definition) is 1. The standard InChI is InChI=1S/C14H25NO2S/c1-2-13(15)9-18(16,17)14-6-10-3-11(7-14)5-12(4-10)8-14/h10-13H,2-9,15H2,1H3. The molecular weight excluding hydrogens is 246 g/mol. The molecule has 0 radical (unpaired) electrons. The minimum absolute atomic E-state index is 0.178. The molecule has 4 aliphatic rings. The summed E-state index contributed by atoms with van der Waals surface area (Å²) in [6.45, 7) is 1.97. The van der Waals surface area contributed by atoms with Crippen molar-refractivity contribution in [3.63, 3.8) is 0 Å². The van der Waals surface area contributed by atoms with Gasteiger partial charge in [-0.3, -0.25) is 0 Å². The maximum atomic E-state index is 12.8. The van der Waals surface area contributed by atoms with E-state index in [0.717, 1.165) is 25.7 Å². The molecule has 3 nitrogen and oxygen atoms in total. The molecule has 4 heteroatoms. The van der Waals surface area contributed by atoms with E-state index in [1.165, 1.54) is 19.3 Å². The molecule has 104 valence electrons. The van der Waals surface area contributed by atoms with E-state index in [4.69, 9.17) is 5.73 Å². The smallest absolute Gasteiger partial charge is 0.157 e. The molecule has 1 unspecified atom stereocenters. The maximum Gasteiger partial charge on any atom is 0.157 e. The van der Waals surface area contributed by atoms with Gasteiger partial charge in [0.25, 0.3) is 0 Å². The fourth-order valence-corrected chi connectivity index (χ4v) is 7.61. The van der Waals surface area contributed by atoms with E-state index in [1.54, 1.807) is 0 Å². The third-order valence-corrected chi connectivity index (χ3v) is 8.29. The highest BCUT2D eigenvalue weighted by atomic mass is 32.2. The average molecular weight is 271 g/mol. The lowest BCUT2D eigenvalue weighted by Gasteiger charge is -2.56. The van der Waals surface area contributed by atoms with Crippen LogP contribution in [0.1, 0.15) is 51.9 Å². The fraction of sp³-hybridized carbons (Fsp3) is 1.00. The highest BCUT2D eigenvalue weighted by molar-refractivity contribution is 7.92. The van der Waals surface area contributed by atoms with Crippen LogP contribution in [0.5, 0.6) is 0 Å². The summed E-state index contributed by atoms with van der Waals surface area (Å²) in [6, 6.07) is -0.178. The molecule has 0 aromatic rings. The van der Waals surface area contributed by atoms with Crippen LogP contribution in [0, 0.1) is 17.8 Å². The molecule has 4 aliphatic carbocycles. The summed E-state index contributed by atoms with van der Waals surface area (Å²) in [7, 11) is -3.02. The average Bonchev–Trinajstić information content (AvgIpc) is 2.26. The summed E-state index contributed by atoms with van der Waals surface area (Å²) in [6.07, 6.45) is 7.40. The maximum absolute atomic E-state index is 12.8. The van der Waals surface area contributed by atoms with Gasteiger partial charge in [0.05, 0.1) is 10.5 Å². The number of hydrogen-bond acceptors (Lipinski definition) is 3. The lowest BCUT2D eigenvalue weighted by atomic mass is 9.56. The van der Waals surface area contributed by atoms with Gasteiger partial charge in [-0.25, -0.2) is 8.42 Å². The van der Waals surface area contributed by atoms with Gasteiger partial charge in [-0.05, 0) is 62.7 Å². The van der Waals surface area contributed by atoms with Gasteiger partial charge in [0.2, 0.25) is 0 Å². The Labute approximate surface area is 110 Å². The van der Waals surface area contributed by atoms with Crippen LogP contribution in [0.4, 0.5) is 0 Å². The molecule has 4 rings (SSSR count). The van der Waals surface area contributed by atoms with Crippen molar-refractivity contribution >= 4 is 9.84 Å². The summed E-state index contributed by atoms with van der Waals surface area (Å²) in [5.41, 5.74) is 5.90. The monoisotopic (exact) mass is 271 g/mol. The van der Waals surface area contributed by atoms with E-state index in [9.17, 15) is 8.42 Å². The first kappa shape index (κ1) is 12.9. The second kappa shape index (κ2) is 4.20. The van der Waals surface area contributed by atoms with Crippen molar-refractivity contribution in [2.45, 2.75) is 62.7 Å². The van der Waals surface area contributed by atoms with Crippen molar-refractivity contribution in [1.29, 1.82) is 0 Å². The van der Waals surface area contributed by atoms with E-state index in [2.05, 4.69) is 0 Å². The Morgan fingerprint density at radius 1 is 1.11 bits per heavy atom. The van der Waals surface area contributed by atoms with Gasteiger partial charge in [0.1, 0.15) is 0 Å². The van der Waals surface area contributed by atoms with E-state index in [0.29, 0.717) is 17.8 Å². The zero-order chi connectivity index (χ0) is 13.0. The third-order valence-electron chi connectivity index (χ3n) is 5.60. The largest absolute Gasteiger partial charge is 0.327 e. The highest BCUT2D eigenvalue weighted by Gasteiger charge is 2.57. The molecule has 0 amide bonds. The summed E-state index contributed by atoms with van der Waals surface area (Å²) in [4.78, 5) is 0. The van der Waals surface area contributed by atoms with E-state index >= 15 is 0 Å². The Kier molecular flexibility index (Phi) is 3.02. The van der Waals surface area contributed by atoms with E-state index < -0.39 is 9.84 Å². The van der Waals surface area contributed by atoms with Crippen molar-refractivity contribution in [2.24, 2.45) is 23.5 Å². The van der Waals surface area contributed by atoms with Crippen LogP contribution < -0.4 is 5.73 Å². The van der Waals surface area contributed by atoms with Crippen molar-refractivity contribution in [3.8, 4) is 0 Å². The second-order valence-corrected chi connectivity index (χ2v) is 9.48. The first-order valence-electron chi connectivity index (χ1n) is 7.42. The Morgan fingerprint density at radius 2 is 1.56 bits per heavy atom. The molecule has 0 aliphatic heterocycles. The van der Waals surface area contributed by atoms with Crippen molar-refractivity contribution in [2.75, 3.05) is 5.75 Å². The van der Waals surface area contributed by atoms with Crippen LogP contribution in [-0.2, 0) is 9.84 Å². The molecule has 18 heavy (non-hydrogen) atoms. The molecule has 4 fully saturated rings. The minimum Gasteiger partial charge on any atom is -0.327 e. The zero-order valence-electron chi connectivity index (χ0n) is 11.3. The van der Waals surface area contributed by atoms with Crippen LogP contribution in [-0.4, -0.2) is 25.0 Å². The zero-order valence-corrected chi connectivity index (χ0v) is 12.1. The predicted molar refractivity (Wildman–Crippen MR) is 73.0 cm³/mol. The quantitative estimate of drug-likeness (QED) is 0.852. The first-order chi connectivity index (χ1) is 8.44. The van der Waals surface area contributed by atoms with Crippen LogP contribution >= 0.6 is 0 Å². The fourth-order valence-electron chi connectivity index (χ4n) is 4.99. The highest BCUT2D eigenvalue weighted by Crippen LogP contribution is 2.58. The summed E-state index contributed by atoms with van der Waals surface area (Å²) in [5, 5.41) is 0. The SMILES string of the molecule is CCC(N)CS(=O)(=O)C12CC3CC(CC(C3)C1)C2. The van der Waals surface area contributed by atoms with E-state index in [1.807, 2.05) is 6.92 Å². The molecule has 0 aromatic heterocycles. The molecule has 0 saturated heterocycles. The minimum atomic E-state index is -3.02. The van der Waals surface area contributed by atoms with Crippen LogP contribution in [0.3, 0.4) is 0 Å².